The van der Waals surface area contributed by atoms with E-state index in [1.54, 1.807) is 7.05 Å². The maximum absolute atomic E-state index is 11.7. The van der Waals surface area contributed by atoms with Gasteiger partial charge in [-0.1, -0.05) is 6.07 Å². The Morgan fingerprint density at radius 3 is 2.50 bits per heavy atom. The van der Waals surface area contributed by atoms with Crippen LogP contribution in [0.25, 0.3) is 0 Å². The molecule has 5 heteroatoms. The summed E-state index contributed by atoms with van der Waals surface area (Å²) >= 11 is 0. The van der Waals surface area contributed by atoms with E-state index in [4.69, 9.17) is 5.73 Å². The first-order valence-corrected chi connectivity index (χ1v) is 6.23. The minimum absolute atomic E-state index is 0.207. The molecule has 0 aliphatic carbocycles. The van der Waals surface area contributed by atoms with Crippen LogP contribution >= 0.6 is 0 Å². The number of nitrogens with zero attached hydrogens (tertiary/aromatic N) is 1. The summed E-state index contributed by atoms with van der Waals surface area (Å²) in [4.78, 5) is 23.2. The van der Waals surface area contributed by atoms with Crippen molar-refractivity contribution in [3.63, 3.8) is 0 Å². The lowest BCUT2D eigenvalue weighted by Gasteiger charge is -2.12. The highest BCUT2D eigenvalue weighted by Gasteiger charge is 2.11. The Kier molecular flexibility index (Phi) is 3.61. The summed E-state index contributed by atoms with van der Waals surface area (Å²) < 4.78 is 1.33. The van der Waals surface area contributed by atoms with Crippen LogP contribution in [0.2, 0.25) is 0 Å². The Bertz CT molecular complexity index is 732. The van der Waals surface area contributed by atoms with Gasteiger partial charge in [0.1, 0.15) is 0 Å². The molecule has 1 aromatic carbocycles. The van der Waals surface area contributed by atoms with Crippen molar-refractivity contribution in [1.29, 1.82) is 0 Å². The molecule has 0 saturated heterocycles. The maximum Gasteiger partial charge on any atom is 0.252 e. The Balaban J connectivity index is 2.47. The summed E-state index contributed by atoms with van der Waals surface area (Å²) in [5, 5.41) is 3.08. The van der Waals surface area contributed by atoms with E-state index in [2.05, 4.69) is 5.32 Å². The van der Waals surface area contributed by atoms with Crippen molar-refractivity contribution in [3.8, 4) is 0 Å². The number of carbonyl (C=O) groups is 1. The van der Waals surface area contributed by atoms with Crippen molar-refractivity contribution in [2.75, 3.05) is 5.32 Å². The van der Waals surface area contributed by atoms with Gasteiger partial charge in [-0.3, -0.25) is 9.59 Å². The predicted octanol–water partition coefficient (Wildman–Crippen LogP) is 1.84. The molecule has 0 fully saturated rings. The van der Waals surface area contributed by atoms with Crippen LogP contribution < -0.4 is 16.6 Å². The standard InChI is InChI=1S/C15H17N3O2/c1-9-4-5-11(6-10(9)2)17-13-7-14(19)18(3)8-12(13)15(16)20/h4-8,17H,1-3H3,(H2,16,20). The van der Waals surface area contributed by atoms with Crippen LogP contribution in [0, 0.1) is 13.8 Å². The molecule has 0 saturated carbocycles. The van der Waals surface area contributed by atoms with Crippen LogP contribution in [-0.4, -0.2) is 10.5 Å². The predicted molar refractivity (Wildman–Crippen MR) is 79.4 cm³/mol. The fourth-order valence-corrected chi connectivity index (χ4v) is 1.90. The molecule has 3 N–H and O–H groups in total. The zero-order valence-corrected chi connectivity index (χ0v) is 11.7. The lowest BCUT2D eigenvalue weighted by molar-refractivity contribution is 0.100. The van der Waals surface area contributed by atoms with Gasteiger partial charge in [-0.25, -0.2) is 0 Å². The van der Waals surface area contributed by atoms with E-state index in [1.807, 2.05) is 32.0 Å². The molecule has 1 aromatic heterocycles. The van der Waals surface area contributed by atoms with Crippen LogP contribution in [0.15, 0.2) is 35.3 Å². The molecule has 104 valence electrons. The molecule has 0 unspecified atom stereocenters. The SMILES string of the molecule is Cc1ccc(Nc2cc(=O)n(C)cc2C(N)=O)cc1C. The molecular weight excluding hydrogens is 254 g/mol. The highest BCUT2D eigenvalue weighted by atomic mass is 16.1. The third kappa shape index (κ3) is 2.71. The number of nitrogens with one attached hydrogen (secondary N) is 1. The van der Waals surface area contributed by atoms with E-state index < -0.39 is 5.91 Å². The number of anilines is 2. The van der Waals surface area contributed by atoms with Crippen molar-refractivity contribution in [2.24, 2.45) is 12.8 Å². The lowest BCUT2D eigenvalue weighted by atomic mass is 10.1. The number of hydrogen-bond acceptors (Lipinski definition) is 3. The number of pyridine rings is 1. The first-order chi connectivity index (χ1) is 9.38. The van der Waals surface area contributed by atoms with Crippen LogP contribution in [0.5, 0.6) is 0 Å². The van der Waals surface area contributed by atoms with Crippen molar-refractivity contribution < 1.29 is 4.79 Å². The Morgan fingerprint density at radius 1 is 1.20 bits per heavy atom. The molecule has 2 rings (SSSR count). The lowest BCUT2D eigenvalue weighted by Crippen LogP contribution is -2.22. The third-order valence-electron chi connectivity index (χ3n) is 3.28. The second-order valence-electron chi connectivity index (χ2n) is 4.84. The number of hydrogen-bond donors (Lipinski definition) is 2. The summed E-state index contributed by atoms with van der Waals surface area (Å²) in [6.07, 6.45) is 1.44. The first kappa shape index (κ1) is 13.9. The van der Waals surface area contributed by atoms with Gasteiger partial charge in [0.15, 0.2) is 0 Å². The van der Waals surface area contributed by atoms with E-state index in [0.29, 0.717) is 5.69 Å². The number of carbonyl (C=O) groups excluding carboxylic acids is 1. The summed E-state index contributed by atoms with van der Waals surface area (Å²) in [6, 6.07) is 7.19. The van der Waals surface area contributed by atoms with Gasteiger partial charge in [0.2, 0.25) is 0 Å². The van der Waals surface area contributed by atoms with E-state index in [-0.39, 0.29) is 11.1 Å². The van der Waals surface area contributed by atoms with Gasteiger partial charge in [0.25, 0.3) is 11.5 Å². The largest absolute Gasteiger partial charge is 0.365 e. The number of nitrogens with two attached hydrogens (primary N) is 1. The summed E-state index contributed by atoms with van der Waals surface area (Å²) in [7, 11) is 1.58. The van der Waals surface area contributed by atoms with Crippen LogP contribution in [-0.2, 0) is 7.05 Å². The molecule has 0 spiro atoms. The van der Waals surface area contributed by atoms with Gasteiger partial charge in [0.05, 0.1) is 11.3 Å². The monoisotopic (exact) mass is 271 g/mol. The van der Waals surface area contributed by atoms with Gasteiger partial charge >= 0.3 is 0 Å². The summed E-state index contributed by atoms with van der Waals surface area (Å²) in [5.74, 6) is -0.577. The molecule has 1 amide bonds. The quantitative estimate of drug-likeness (QED) is 0.894. The number of amides is 1. The number of aromatic nitrogens is 1. The average molecular weight is 271 g/mol. The summed E-state index contributed by atoms with van der Waals surface area (Å²) in [6.45, 7) is 4.02. The van der Waals surface area contributed by atoms with Crippen molar-refractivity contribution in [1.82, 2.24) is 4.57 Å². The smallest absolute Gasteiger partial charge is 0.252 e. The van der Waals surface area contributed by atoms with Gasteiger partial charge in [-0.15, -0.1) is 0 Å². The fraction of sp³-hybridized carbons (Fsp3) is 0.200. The second-order valence-corrected chi connectivity index (χ2v) is 4.84. The minimum atomic E-state index is -0.577. The highest BCUT2D eigenvalue weighted by Crippen LogP contribution is 2.21. The molecule has 5 nitrogen and oxygen atoms in total. The minimum Gasteiger partial charge on any atom is -0.365 e. The number of rotatable bonds is 3. The van der Waals surface area contributed by atoms with Crippen LogP contribution in [0.3, 0.4) is 0 Å². The van der Waals surface area contributed by atoms with E-state index >= 15 is 0 Å². The second kappa shape index (κ2) is 5.21. The van der Waals surface area contributed by atoms with E-state index in [9.17, 15) is 9.59 Å². The van der Waals surface area contributed by atoms with Gasteiger partial charge in [0, 0.05) is 25.0 Å². The summed E-state index contributed by atoms with van der Waals surface area (Å²) in [5.41, 5.74) is 8.95. The molecule has 0 aliphatic rings. The van der Waals surface area contributed by atoms with Gasteiger partial charge in [-0.2, -0.15) is 0 Å². The van der Waals surface area contributed by atoms with Crippen molar-refractivity contribution >= 4 is 17.3 Å². The van der Waals surface area contributed by atoms with Crippen LogP contribution in [0.4, 0.5) is 11.4 Å². The van der Waals surface area contributed by atoms with E-state index in [0.717, 1.165) is 11.3 Å². The van der Waals surface area contributed by atoms with Gasteiger partial charge in [-0.05, 0) is 37.1 Å². The Hall–Kier alpha value is -2.56. The molecule has 0 aliphatic heterocycles. The number of benzene rings is 1. The average Bonchev–Trinajstić information content (AvgIpc) is 2.37. The fourth-order valence-electron chi connectivity index (χ4n) is 1.90. The third-order valence-corrected chi connectivity index (χ3v) is 3.28. The van der Waals surface area contributed by atoms with Crippen LogP contribution in [0.1, 0.15) is 21.5 Å². The zero-order valence-electron chi connectivity index (χ0n) is 11.7. The maximum atomic E-state index is 11.7. The molecule has 0 atom stereocenters. The molecule has 0 radical (unpaired) electrons. The first-order valence-electron chi connectivity index (χ1n) is 6.23. The topological polar surface area (TPSA) is 77.1 Å². The molecule has 0 bridgehead atoms. The number of primary amides is 1. The van der Waals surface area contributed by atoms with Gasteiger partial charge < -0.3 is 15.6 Å². The van der Waals surface area contributed by atoms with E-state index in [1.165, 1.54) is 22.4 Å². The Morgan fingerprint density at radius 2 is 1.90 bits per heavy atom. The highest BCUT2D eigenvalue weighted by molar-refractivity contribution is 5.98. The number of aryl methyl sites for hydroxylation is 3. The van der Waals surface area contributed by atoms with Crippen molar-refractivity contribution in [3.05, 3.63) is 57.5 Å². The molecule has 2 aromatic rings. The molecular formula is C15H17N3O2. The van der Waals surface area contributed by atoms with Crippen molar-refractivity contribution in [2.45, 2.75) is 13.8 Å². The molecule has 20 heavy (non-hydrogen) atoms. The molecule has 1 heterocycles. The Labute approximate surface area is 117 Å². The zero-order chi connectivity index (χ0) is 14.9. The normalized spacial score (nSPS) is 10.3.